The summed E-state index contributed by atoms with van der Waals surface area (Å²) in [5, 5.41) is 1.19. The molecule has 2 fully saturated rings. The number of rotatable bonds is 3. The number of aromatic nitrogens is 1. The topological polar surface area (TPSA) is 45.7 Å². The van der Waals surface area contributed by atoms with Gasteiger partial charge in [-0.2, -0.15) is 0 Å². The third-order valence-corrected chi connectivity index (χ3v) is 6.01. The van der Waals surface area contributed by atoms with Crippen LogP contribution in [0.25, 0.3) is 10.9 Å². The lowest BCUT2D eigenvalue weighted by Gasteiger charge is -2.34. The Morgan fingerprint density at radius 3 is 2.78 bits per heavy atom. The van der Waals surface area contributed by atoms with E-state index < -0.39 is 0 Å². The fourth-order valence-corrected chi connectivity index (χ4v) is 4.57. The van der Waals surface area contributed by atoms with Gasteiger partial charge >= 0.3 is 0 Å². The number of pyridine rings is 1. The van der Waals surface area contributed by atoms with Crippen molar-refractivity contribution in [3.63, 3.8) is 0 Å². The Morgan fingerprint density at radius 2 is 1.96 bits per heavy atom. The Bertz CT molecular complexity index is 783. The fourth-order valence-electron chi connectivity index (χ4n) is 4.57. The van der Waals surface area contributed by atoms with Crippen molar-refractivity contribution >= 4 is 16.8 Å². The maximum Gasteiger partial charge on any atom is 0.219 e. The SMILES string of the molecule is CC(=O)N1CCN(C2CCOCC2)CC(Cc2cccc3cccnc23)C1. The van der Waals surface area contributed by atoms with E-state index in [4.69, 9.17) is 4.74 Å². The molecular formula is C22H29N3O2. The summed E-state index contributed by atoms with van der Waals surface area (Å²) in [6.45, 7) is 7.08. The second kappa shape index (κ2) is 8.36. The third-order valence-electron chi connectivity index (χ3n) is 6.01. The largest absolute Gasteiger partial charge is 0.381 e. The van der Waals surface area contributed by atoms with Gasteiger partial charge in [-0.25, -0.2) is 0 Å². The Balaban J connectivity index is 1.56. The van der Waals surface area contributed by atoms with Crippen molar-refractivity contribution in [1.82, 2.24) is 14.8 Å². The van der Waals surface area contributed by atoms with Crippen molar-refractivity contribution in [1.29, 1.82) is 0 Å². The molecule has 1 unspecified atom stereocenters. The predicted octanol–water partition coefficient (Wildman–Crippen LogP) is 2.74. The average molecular weight is 367 g/mol. The van der Waals surface area contributed by atoms with Crippen LogP contribution in [0, 0.1) is 5.92 Å². The number of fused-ring (bicyclic) bond motifs is 1. The molecule has 3 heterocycles. The second-order valence-corrected chi connectivity index (χ2v) is 7.87. The van der Waals surface area contributed by atoms with Crippen molar-refractivity contribution in [3.05, 3.63) is 42.1 Å². The standard InChI is InChI=1S/C22H29N3O2/c1-17(26)24-10-11-25(21-7-12-27-13-8-21)16-18(15-24)14-20-5-2-4-19-6-3-9-23-22(19)20/h2-6,9,18,21H,7-8,10-16H2,1H3. The van der Waals surface area contributed by atoms with Crippen LogP contribution in [0.3, 0.4) is 0 Å². The van der Waals surface area contributed by atoms with Gasteiger partial charge in [0.1, 0.15) is 0 Å². The first kappa shape index (κ1) is 18.4. The molecule has 5 heteroatoms. The lowest BCUT2D eigenvalue weighted by atomic mass is 9.95. The molecule has 2 aliphatic heterocycles. The summed E-state index contributed by atoms with van der Waals surface area (Å²) in [6.07, 6.45) is 5.03. The van der Waals surface area contributed by atoms with Crippen molar-refractivity contribution in [2.75, 3.05) is 39.4 Å². The highest BCUT2D eigenvalue weighted by Gasteiger charge is 2.29. The summed E-state index contributed by atoms with van der Waals surface area (Å²) in [6, 6.07) is 11.1. The van der Waals surface area contributed by atoms with Gasteiger partial charge in [0.25, 0.3) is 0 Å². The minimum atomic E-state index is 0.185. The van der Waals surface area contributed by atoms with Crippen LogP contribution in [-0.4, -0.2) is 66.1 Å². The highest BCUT2D eigenvalue weighted by atomic mass is 16.5. The number of hydrogen-bond acceptors (Lipinski definition) is 4. The maximum absolute atomic E-state index is 12.1. The Labute approximate surface area is 161 Å². The summed E-state index contributed by atoms with van der Waals surface area (Å²) >= 11 is 0. The average Bonchev–Trinajstić information content (AvgIpc) is 2.92. The molecule has 5 nitrogen and oxygen atoms in total. The van der Waals surface area contributed by atoms with Gasteiger partial charge in [0.15, 0.2) is 0 Å². The Hall–Kier alpha value is -1.98. The van der Waals surface area contributed by atoms with Crippen molar-refractivity contribution in [2.45, 2.75) is 32.2 Å². The van der Waals surface area contributed by atoms with Gasteiger partial charge in [0.05, 0.1) is 5.52 Å². The molecule has 1 aromatic heterocycles. The number of amides is 1. The van der Waals surface area contributed by atoms with E-state index in [9.17, 15) is 4.79 Å². The molecular weight excluding hydrogens is 338 g/mol. The van der Waals surface area contributed by atoms with Gasteiger partial charge in [-0.05, 0) is 36.8 Å². The number of ether oxygens (including phenoxy) is 1. The van der Waals surface area contributed by atoms with E-state index in [0.29, 0.717) is 12.0 Å². The molecule has 0 bridgehead atoms. The van der Waals surface area contributed by atoms with Crippen molar-refractivity contribution in [2.24, 2.45) is 5.92 Å². The number of carbonyl (C=O) groups is 1. The minimum Gasteiger partial charge on any atom is -0.381 e. The lowest BCUT2D eigenvalue weighted by molar-refractivity contribution is -0.129. The molecule has 1 atom stereocenters. The van der Waals surface area contributed by atoms with Crippen LogP contribution in [0.2, 0.25) is 0 Å². The number of carbonyl (C=O) groups excluding carboxylic acids is 1. The molecule has 0 aliphatic carbocycles. The number of nitrogens with zero attached hydrogens (tertiary/aromatic N) is 3. The molecule has 1 amide bonds. The lowest BCUT2D eigenvalue weighted by Crippen LogP contribution is -2.43. The first-order chi connectivity index (χ1) is 13.2. The van der Waals surface area contributed by atoms with Crippen LogP contribution < -0.4 is 0 Å². The highest BCUT2D eigenvalue weighted by molar-refractivity contribution is 5.81. The van der Waals surface area contributed by atoms with Gasteiger partial charge < -0.3 is 9.64 Å². The Morgan fingerprint density at radius 1 is 1.15 bits per heavy atom. The summed E-state index contributed by atoms with van der Waals surface area (Å²) in [5.41, 5.74) is 2.38. The van der Waals surface area contributed by atoms with Crippen LogP contribution in [0.15, 0.2) is 36.5 Å². The van der Waals surface area contributed by atoms with Crippen LogP contribution in [-0.2, 0) is 16.0 Å². The van der Waals surface area contributed by atoms with E-state index in [1.165, 1.54) is 10.9 Å². The molecule has 0 N–H and O–H groups in total. The van der Waals surface area contributed by atoms with Gasteiger partial charge in [0, 0.05) is 63.9 Å². The number of hydrogen-bond donors (Lipinski definition) is 0. The van der Waals surface area contributed by atoms with Gasteiger partial charge in [0.2, 0.25) is 5.91 Å². The number of para-hydroxylation sites is 1. The first-order valence-corrected chi connectivity index (χ1v) is 10.1. The molecule has 1 aromatic carbocycles. The fraction of sp³-hybridized carbons (Fsp3) is 0.545. The van der Waals surface area contributed by atoms with Crippen LogP contribution in [0.1, 0.15) is 25.3 Å². The zero-order valence-electron chi connectivity index (χ0n) is 16.1. The molecule has 2 aromatic rings. The molecule has 0 radical (unpaired) electrons. The van der Waals surface area contributed by atoms with Gasteiger partial charge in [-0.3, -0.25) is 14.7 Å². The maximum atomic E-state index is 12.1. The normalized spacial score (nSPS) is 22.7. The zero-order valence-corrected chi connectivity index (χ0v) is 16.1. The minimum absolute atomic E-state index is 0.185. The quantitative estimate of drug-likeness (QED) is 0.837. The van der Waals surface area contributed by atoms with E-state index in [-0.39, 0.29) is 5.91 Å². The van der Waals surface area contributed by atoms with Crippen molar-refractivity contribution in [3.8, 4) is 0 Å². The van der Waals surface area contributed by atoms with E-state index >= 15 is 0 Å². The summed E-state index contributed by atoms with van der Waals surface area (Å²) in [7, 11) is 0. The van der Waals surface area contributed by atoms with E-state index in [1.54, 1.807) is 6.92 Å². The van der Waals surface area contributed by atoms with Gasteiger partial charge in [-0.1, -0.05) is 24.3 Å². The molecule has 0 spiro atoms. The summed E-state index contributed by atoms with van der Waals surface area (Å²) in [5.74, 6) is 0.608. The van der Waals surface area contributed by atoms with Crippen LogP contribution >= 0.6 is 0 Å². The molecule has 2 saturated heterocycles. The molecule has 0 saturated carbocycles. The molecule has 4 rings (SSSR count). The van der Waals surface area contributed by atoms with Crippen molar-refractivity contribution < 1.29 is 9.53 Å². The zero-order chi connectivity index (χ0) is 18.6. The third kappa shape index (κ3) is 4.30. The van der Waals surface area contributed by atoms with Gasteiger partial charge in [-0.15, -0.1) is 0 Å². The molecule has 144 valence electrons. The molecule has 2 aliphatic rings. The van der Waals surface area contributed by atoms with Crippen LogP contribution in [0.5, 0.6) is 0 Å². The predicted molar refractivity (Wildman–Crippen MR) is 107 cm³/mol. The Kier molecular flexibility index (Phi) is 5.69. The smallest absolute Gasteiger partial charge is 0.219 e. The summed E-state index contributed by atoms with van der Waals surface area (Å²) < 4.78 is 5.55. The van der Waals surface area contributed by atoms with Crippen LogP contribution in [0.4, 0.5) is 0 Å². The summed E-state index contributed by atoms with van der Waals surface area (Å²) in [4.78, 5) is 21.4. The van der Waals surface area contributed by atoms with E-state index in [2.05, 4.69) is 34.1 Å². The highest BCUT2D eigenvalue weighted by Crippen LogP contribution is 2.24. The first-order valence-electron chi connectivity index (χ1n) is 10.1. The van der Waals surface area contributed by atoms with E-state index in [0.717, 1.165) is 64.2 Å². The van der Waals surface area contributed by atoms with E-state index in [1.807, 2.05) is 17.2 Å². The second-order valence-electron chi connectivity index (χ2n) is 7.87. The molecule has 27 heavy (non-hydrogen) atoms. The number of benzene rings is 1. The monoisotopic (exact) mass is 367 g/mol.